The van der Waals surface area contributed by atoms with Gasteiger partial charge in [0, 0.05) is 30.2 Å². The lowest BCUT2D eigenvalue weighted by molar-refractivity contribution is 0.0975. The van der Waals surface area contributed by atoms with Crippen molar-refractivity contribution in [3.8, 4) is 5.75 Å². The van der Waals surface area contributed by atoms with E-state index in [1.165, 1.54) is 0 Å². The van der Waals surface area contributed by atoms with Gasteiger partial charge in [-0.15, -0.1) is 0 Å². The summed E-state index contributed by atoms with van der Waals surface area (Å²) in [6, 6.07) is 23.7. The zero-order valence-electron chi connectivity index (χ0n) is 17.5. The number of fused-ring (bicyclic) bond motifs is 1. The van der Waals surface area contributed by atoms with Crippen LogP contribution in [0.25, 0.3) is 0 Å². The molecule has 2 aliphatic rings. The quantitative estimate of drug-likeness (QED) is 0.689. The Morgan fingerprint density at radius 3 is 2.29 bits per heavy atom. The van der Waals surface area contributed by atoms with E-state index in [1.54, 1.807) is 7.11 Å². The van der Waals surface area contributed by atoms with Crippen LogP contribution in [0, 0.1) is 0 Å². The molecule has 6 nitrogen and oxygen atoms in total. The molecule has 1 N–H and O–H groups in total. The van der Waals surface area contributed by atoms with Crippen molar-refractivity contribution < 1.29 is 14.3 Å². The van der Waals surface area contributed by atoms with Crippen LogP contribution >= 0.6 is 0 Å². The third-order valence-corrected chi connectivity index (χ3v) is 5.86. The number of benzene rings is 3. The number of ether oxygens (including phenoxy) is 2. The van der Waals surface area contributed by atoms with Crippen LogP contribution in [0.3, 0.4) is 0 Å². The number of morpholine rings is 1. The van der Waals surface area contributed by atoms with Gasteiger partial charge in [0.25, 0.3) is 5.91 Å². The molecule has 0 saturated carbocycles. The topological polar surface area (TPSA) is 54.0 Å². The minimum atomic E-state index is -0.317. The molecule has 1 saturated heterocycles. The smallest absolute Gasteiger partial charge is 0.262 e. The van der Waals surface area contributed by atoms with Crippen molar-refractivity contribution in [1.29, 1.82) is 0 Å². The van der Waals surface area contributed by atoms with Gasteiger partial charge >= 0.3 is 0 Å². The normalized spacial score (nSPS) is 18.4. The monoisotopic (exact) mass is 415 g/mol. The molecule has 0 bridgehead atoms. The molecule has 0 aromatic heterocycles. The van der Waals surface area contributed by atoms with Crippen LogP contribution in [-0.2, 0) is 4.74 Å². The molecule has 2 heterocycles. The molecule has 31 heavy (non-hydrogen) atoms. The highest BCUT2D eigenvalue weighted by Gasteiger charge is 2.34. The summed E-state index contributed by atoms with van der Waals surface area (Å²) in [5, 5.41) is 3.55. The molecule has 0 radical (unpaired) electrons. The third kappa shape index (κ3) is 3.70. The minimum absolute atomic E-state index is 0.0192. The molecule has 0 spiro atoms. The molecule has 0 unspecified atom stereocenters. The van der Waals surface area contributed by atoms with E-state index < -0.39 is 0 Å². The van der Waals surface area contributed by atoms with Gasteiger partial charge in [0.15, 0.2) is 0 Å². The summed E-state index contributed by atoms with van der Waals surface area (Å²) in [7, 11) is 1.65. The van der Waals surface area contributed by atoms with E-state index in [1.807, 2.05) is 65.6 Å². The fraction of sp³-hybridized carbons (Fsp3) is 0.240. The molecule has 5 rings (SSSR count). The van der Waals surface area contributed by atoms with Gasteiger partial charge in [-0.3, -0.25) is 9.69 Å². The maximum Gasteiger partial charge on any atom is 0.262 e. The molecule has 1 amide bonds. The lowest BCUT2D eigenvalue weighted by atomic mass is 10.0. The van der Waals surface area contributed by atoms with Gasteiger partial charge in [-0.25, -0.2) is 0 Å². The number of rotatable bonds is 4. The number of nitrogens with one attached hydrogen (secondary N) is 1. The summed E-state index contributed by atoms with van der Waals surface area (Å²) < 4.78 is 10.8. The number of anilines is 3. The highest BCUT2D eigenvalue weighted by Crippen LogP contribution is 2.37. The first-order chi connectivity index (χ1) is 15.2. The fourth-order valence-electron chi connectivity index (χ4n) is 4.18. The largest absolute Gasteiger partial charge is 0.497 e. The first-order valence-corrected chi connectivity index (χ1v) is 10.5. The van der Waals surface area contributed by atoms with E-state index >= 15 is 0 Å². The standard InChI is InChI=1S/C25H25N3O3/c1-30-21-12-6-18(7-13-21)24-26-23-5-3-2-4-22(23)25(29)28(24)20-10-8-19(9-11-20)27-14-16-31-17-15-27/h2-13,24,26H,14-17H2,1H3/t24-/m1/s1. The van der Waals surface area contributed by atoms with Gasteiger partial charge in [-0.05, 0) is 54.1 Å². The zero-order valence-corrected chi connectivity index (χ0v) is 17.5. The van der Waals surface area contributed by atoms with Crippen LogP contribution in [-0.4, -0.2) is 39.3 Å². The Kier molecular flexibility index (Phi) is 5.22. The first-order valence-electron chi connectivity index (χ1n) is 10.5. The molecule has 0 aliphatic carbocycles. The van der Waals surface area contributed by atoms with Crippen molar-refractivity contribution in [3.63, 3.8) is 0 Å². The van der Waals surface area contributed by atoms with Crippen molar-refractivity contribution in [2.75, 3.05) is 48.5 Å². The molecule has 1 atom stereocenters. The number of carbonyl (C=O) groups is 1. The number of carbonyl (C=O) groups excluding carboxylic acids is 1. The van der Waals surface area contributed by atoms with Crippen molar-refractivity contribution >= 4 is 23.0 Å². The summed E-state index contributed by atoms with van der Waals surface area (Å²) in [4.78, 5) is 17.7. The van der Waals surface area contributed by atoms with E-state index in [-0.39, 0.29) is 12.1 Å². The van der Waals surface area contributed by atoms with Gasteiger partial charge in [-0.2, -0.15) is 0 Å². The minimum Gasteiger partial charge on any atom is -0.497 e. The Balaban J connectivity index is 1.52. The predicted octanol–water partition coefficient (Wildman–Crippen LogP) is 4.30. The van der Waals surface area contributed by atoms with Crippen LogP contribution in [0.2, 0.25) is 0 Å². The van der Waals surface area contributed by atoms with Crippen molar-refractivity contribution in [1.82, 2.24) is 0 Å². The van der Waals surface area contributed by atoms with Crippen LogP contribution < -0.4 is 19.9 Å². The molecular weight excluding hydrogens is 390 g/mol. The van der Waals surface area contributed by atoms with E-state index in [2.05, 4.69) is 22.3 Å². The molecule has 3 aromatic rings. The Bertz CT molecular complexity index is 1060. The third-order valence-electron chi connectivity index (χ3n) is 5.86. The molecule has 2 aliphatic heterocycles. The lowest BCUT2D eigenvalue weighted by Gasteiger charge is -2.38. The van der Waals surface area contributed by atoms with Crippen molar-refractivity contribution in [3.05, 3.63) is 83.9 Å². The SMILES string of the molecule is COc1ccc([C@@H]2Nc3ccccc3C(=O)N2c2ccc(N3CCOCC3)cc2)cc1. The Hall–Kier alpha value is -3.51. The maximum atomic E-state index is 13.5. The van der Waals surface area contributed by atoms with Crippen molar-refractivity contribution in [2.45, 2.75) is 6.17 Å². The van der Waals surface area contributed by atoms with E-state index in [0.717, 1.165) is 54.7 Å². The highest BCUT2D eigenvalue weighted by atomic mass is 16.5. The second-order valence-electron chi connectivity index (χ2n) is 7.66. The number of para-hydroxylation sites is 1. The first kappa shape index (κ1) is 19.5. The Morgan fingerprint density at radius 2 is 1.58 bits per heavy atom. The molecule has 1 fully saturated rings. The van der Waals surface area contributed by atoms with Gasteiger partial charge in [0.2, 0.25) is 0 Å². The molecule has 6 heteroatoms. The summed E-state index contributed by atoms with van der Waals surface area (Å²) in [6.45, 7) is 3.25. The summed E-state index contributed by atoms with van der Waals surface area (Å²) in [6.07, 6.45) is -0.317. The number of amides is 1. The second-order valence-corrected chi connectivity index (χ2v) is 7.66. The second kappa shape index (κ2) is 8.32. The summed E-state index contributed by atoms with van der Waals surface area (Å²) >= 11 is 0. The predicted molar refractivity (Wildman–Crippen MR) is 122 cm³/mol. The Labute approximate surface area is 182 Å². The van der Waals surface area contributed by atoms with Crippen molar-refractivity contribution in [2.24, 2.45) is 0 Å². The van der Waals surface area contributed by atoms with Crippen LogP contribution in [0.15, 0.2) is 72.8 Å². The summed E-state index contributed by atoms with van der Waals surface area (Å²) in [5.41, 5.74) is 4.50. The molecule has 158 valence electrons. The fourth-order valence-corrected chi connectivity index (χ4v) is 4.18. The van der Waals surface area contributed by atoms with Gasteiger partial charge in [0.05, 0.1) is 25.9 Å². The van der Waals surface area contributed by atoms with E-state index in [0.29, 0.717) is 5.56 Å². The van der Waals surface area contributed by atoms with Crippen LogP contribution in [0.5, 0.6) is 5.75 Å². The maximum absolute atomic E-state index is 13.5. The van der Waals surface area contributed by atoms with Gasteiger partial charge in [0.1, 0.15) is 11.9 Å². The number of nitrogens with zero attached hydrogens (tertiary/aromatic N) is 2. The van der Waals surface area contributed by atoms with Gasteiger partial charge < -0.3 is 19.7 Å². The highest BCUT2D eigenvalue weighted by molar-refractivity contribution is 6.12. The van der Waals surface area contributed by atoms with Crippen LogP contribution in [0.1, 0.15) is 22.1 Å². The molecule has 3 aromatic carbocycles. The van der Waals surface area contributed by atoms with Gasteiger partial charge in [-0.1, -0.05) is 24.3 Å². The lowest BCUT2D eigenvalue weighted by Crippen LogP contribution is -2.43. The number of hydrogen-bond acceptors (Lipinski definition) is 5. The number of hydrogen-bond donors (Lipinski definition) is 1. The zero-order chi connectivity index (χ0) is 21.2. The average Bonchev–Trinajstić information content (AvgIpc) is 2.85. The molecular formula is C25H25N3O3. The van der Waals surface area contributed by atoms with Crippen LogP contribution in [0.4, 0.5) is 17.1 Å². The Morgan fingerprint density at radius 1 is 0.903 bits per heavy atom. The van der Waals surface area contributed by atoms with E-state index in [9.17, 15) is 4.79 Å². The van der Waals surface area contributed by atoms with E-state index in [4.69, 9.17) is 9.47 Å². The summed E-state index contributed by atoms with van der Waals surface area (Å²) in [5.74, 6) is 0.766. The number of methoxy groups -OCH3 is 1. The average molecular weight is 415 g/mol.